The van der Waals surface area contributed by atoms with Gasteiger partial charge in [0.05, 0.1) is 13.2 Å². The van der Waals surface area contributed by atoms with Gasteiger partial charge in [-0.3, -0.25) is 4.79 Å². The van der Waals surface area contributed by atoms with Gasteiger partial charge in [0.2, 0.25) is 15.9 Å². The maximum absolute atomic E-state index is 13.5. The van der Waals surface area contributed by atoms with E-state index in [0.29, 0.717) is 32.6 Å². The van der Waals surface area contributed by atoms with Gasteiger partial charge < -0.3 is 19.5 Å². The third-order valence-electron chi connectivity index (χ3n) is 6.45. The van der Waals surface area contributed by atoms with Crippen LogP contribution in [0.2, 0.25) is 0 Å². The molecule has 0 aliphatic carbocycles. The van der Waals surface area contributed by atoms with Crippen molar-refractivity contribution in [2.45, 2.75) is 50.7 Å². The second-order valence-corrected chi connectivity index (χ2v) is 10.9. The van der Waals surface area contributed by atoms with E-state index in [0.717, 1.165) is 5.56 Å². The first-order valence-corrected chi connectivity index (χ1v) is 13.0. The van der Waals surface area contributed by atoms with Crippen molar-refractivity contribution in [1.82, 2.24) is 9.21 Å². The van der Waals surface area contributed by atoms with Crippen molar-refractivity contribution in [2.75, 3.05) is 40.0 Å². The van der Waals surface area contributed by atoms with Crippen molar-refractivity contribution in [2.24, 2.45) is 11.8 Å². The highest BCUT2D eigenvalue weighted by molar-refractivity contribution is 7.89. The number of aliphatic hydroxyl groups is 1. The standard InChI is InChI=1S/C24H36N2O6S/c1-5-6-19-7-8-23-21(13-19)32-22(15-25(4)24(28)20-9-11-31-12-10-20)17(2)14-26(18(3)16-27)33(23,29)30/h5-8,13,17-18,20,22,27H,9-12,14-16H2,1-4H3/b6-5+/t17-,18-,22+/m0/s1. The van der Waals surface area contributed by atoms with Crippen LogP contribution in [0.15, 0.2) is 29.2 Å². The Labute approximate surface area is 197 Å². The maximum atomic E-state index is 13.5. The molecular weight excluding hydrogens is 444 g/mol. The van der Waals surface area contributed by atoms with Gasteiger partial charge in [0.1, 0.15) is 16.7 Å². The smallest absolute Gasteiger partial charge is 0.247 e. The summed E-state index contributed by atoms with van der Waals surface area (Å²) < 4.78 is 40.0. The minimum Gasteiger partial charge on any atom is -0.487 e. The number of carbonyl (C=O) groups excluding carboxylic acids is 1. The number of sulfonamides is 1. The van der Waals surface area contributed by atoms with E-state index in [4.69, 9.17) is 9.47 Å². The van der Waals surface area contributed by atoms with Gasteiger partial charge in [0.15, 0.2) is 0 Å². The van der Waals surface area contributed by atoms with Crippen molar-refractivity contribution >= 4 is 22.0 Å². The molecule has 0 aromatic heterocycles. The van der Waals surface area contributed by atoms with Gasteiger partial charge in [-0.25, -0.2) is 8.42 Å². The van der Waals surface area contributed by atoms with Crippen molar-refractivity contribution in [3.8, 4) is 5.75 Å². The minimum absolute atomic E-state index is 0.0623. The molecule has 2 heterocycles. The Kier molecular flexibility index (Phi) is 8.55. The average Bonchev–Trinajstić information content (AvgIpc) is 2.81. The molecule has 1 aromatic rings. The van der Waals surface area contributed by atoms with Gasteiger partial charge in [0.25, 0.3) is 0 Å². The zero-order valence-electron chi connectivity index (χ0n) is 19.9. The molecule has 9 heteroatoms. The Bertz CT molecular complexity index is 958. The fourth-order valence-electron chi connectivity index (χ4n) is 4.37. The molecule has 1 amide bonds. The third-order valence-corrected chi connectivity index (χ3v) is 8.47. The molecule has 1 aromatic carbocycles. The number of ether oxygens (including phenoxy) is 2. The molecule has 3 rings (SSSR count). The van der Waals surface area contributed by atoms with Crippen LogP contribution in [0.1, 0.15) is 39.2 Å². The SMILES string of the molecule is C/C=C/c1ccc2c(c1)O[C@H](CN(C)C(=O)C1CCOCC1)[C@@H](C)CN([C@@H](C)CO)S2(=O)=O. The van der Waals surface area contributed by atoms with E-state index in [1.54, 1.807) is 37.1 Å². The minimum atomic E-state index is -3.87. The van der Waals surface area contributed by atoms with Crippen molar-refractivity contribution in [3.63, 3.8) is 0 Å². The molecule has 184 valence electrons. The van der Waals surface area contributed by atoms with Crippen LogP contribution in [0.4, 0.5) is 0 Å². The lowest BCUT2D eigenvalue weighted by Gasteiger charge is -2.38. The lowest BCUT2D eigenvalue weighted by atomic mass is 9.97. The van der Waals surface area contributed by atoms with Gasteiger partial charge >= 0.3 is 0 Å². The van der Waals surface area contributed by atoms with Crippen molar-refractivity contribution in [3.05, 3.63) is 29.8 Å². The summed E-state index contributed by atoms with van der Waals surface area (Å²) in [4.78, 5) is 14.8. The molecule has 1 N–H and O–H groups in total. The molecule has 0 unspecified atom stereocenters. The number of allylic oxidation sites excluding steroid dienone is 1. The summed E-state index contributed by atoms with van der Waals surface area (Å²) in [5.74, 6) is 0.0566. The number of fused-ring (bicyclic) bond motifs is 1. The van der Waals surface area contributed by atoms with Crippen LogP contribution < -0.4 is 4.74 Å². The summed E-state index contributed by atoms with van der Waals surface area (Å²) in [6.45, 7) is 6.92. The summed E-state index contributed by atoms with van der Waals surface area (Å²) in [5.41, 5.74) is 0.826. The molecule has 33 heavy (non-hydrogen) atoms. The molecule has 2 aliphatic heterocycles. The van der Waals surface area contributed by atoms with Crippen LogP contribution in [0.25, 0.3) is 6.08 Å². The number of hydrogen-bond donors (Lipinski definition) is 1. The second-order valence-electron chi connectivity index (χ2n) is 9.05. The van der Waals surface area contributed by atoms with Crippen LogP contribution >= 0.6 is 0 Å². The zero-order chi connectivity index (χ0) is 24.2. The Morgan fingerprint density at radius 1 is 1.33 bits per heavy atom. The van der Waals surface area contributed by atoms with Gasteiger partial charge in [-0.1, -0.05) is 25.1 Å². The largest absolute Gasteiger partial charge is 0.487 e. The van der Waals surface area contributed by atoms with E-state index in [1.807, 2.05) is 26.0 Å². The molecule has 2 aliphatic rings. The molecule has 8 nitrogen and oxygen atoms in total. The van der Waals surface area contributed by atoms with Crippen LogP contribution in [-0.4, -0.2) is 80.7 Å². The fraction of sp³-hybridized carbons (Fsp3) is 0.625. The highest BCUT2D eigenvalue weighted by Gasteiger charge is 2.38. The number of hydrogen-bond acceptors (Lipinski definition) is 6. The maximum Gasteiger partial charge on any atom is 0.247 e. The van der Waals surface area contributed by atoms with Crippen LogP contribution in [0.3, 0.4) is 0 Å². The van der Waals surface area contributed by atoms with Gasteiger partial charge in [-0.15, -0.1) is 0 Å². The summed E-state index contributed by atoms with van der Waals surface area (Å²) in [6, 6.07) is 4.43. The Morgan fingerprint density at radius 2 is 2.03 bits per heavy atom. The monoisotopic (exact) mass is 480 g/mol. The zero-order valence-corrected chi connectivity index (χ0v) is 20.8. The summed E-state index contributed by atoms with van der Waals surface area (Å²) in [7, 11) is -2.10. The summed E-state index contributed by atoms with van der Waals surface area (Å²) in [5, 5.41) is 9.75. The van der Waals surface area contributed by atoms with E-state index < -0.39 is 22.2 Å². The number of likely N-dealkylation sites (N-methyl/N-ethyl adjacent to an activating group) is 1. The number of nitrogens with zero attached hydrogens (tertiary/aromatic N) is 2. The van der Waals surface area contributed by atoms with Gasteiger partial charge in [-0.05, 0) is 44.4 Å². The number of rotatable bonds is 6. The van der Waals surface area contributed by atoms with Crippen molar-refractivity contribution in [1.29, 1.82) is 0 Å². The highest BCUT2D eigenvalue weighted by atomic mass is 32.2. The molecular formula is C24H36N2O6S. The molecule has 0 radical (unpaired) electrons. The molecule has 0 bridgehead atoms. The first kappa shape index (κ1) is 25.7. The van der Waals surface area contributed by atoms with E-state index in [2.05, 4.69) is 0 Å². The lowest BCUT2D eigenvalue weighted by molar-refractivity contribution is -0.138. The normalized spacial score (nSPS) is 25.0. The van der Waals surface area contributed by atoms with Crippen LogP contribution in [0, 0.1) is 11.8 Å². The summed E-state index contributed by atoms with van der Waals surface area (Å²) in [6.07, 6.45) is 4.75. The molecule has 1 fully saturated rings. The third kappa shape index (κ3) is 5.77. The predicted molar refractivity (Wildman–Crippen MR) is 126 cm³/mol. The Hall–Kier alpha value is -1.94. The van der Waals surface area contributed by atoms with Gasteiger partial charge in [-0.2, -0.15) is 4.31 Å². The molecule has 0 saturated carbocycles. The molecule has 0 spiro atoms. The van der Waals surface area contributed by atoms with Crippen LogP contribution in [0.5, 0.6) is 5.75 Å². The second kappa shape index (κ2) is 11.0. The van der Waals surface area contributed by atoms with Crippen LogP contribution in [-0.2, 0) is 19.6 Å². The Balaban J connectivity index is 1.95. The first-order chi connectivity index (χ1) is 15.7. The quantitative estimate of drug-likeness (QED) is 0.672. The average molecular weight is 481 g/mol. The first-order valence-electron chi connectivity index (χ1n) is 11.6. The predicted octanol–water partition coefficient (Wildman–Crippen LogP) is 2.37. The summed E-state index contributed by atoms with van der Waals surface area (Å²) >= 11 is 0. The van der Waals surface area contributed by atoms with Gasteiger partial charge in [0, 0.05) is 44.7 Å². The van der Waals surface area contributed by atoms with E-state index in [-0.39, 0.29) is 41.5 Å². The number of carbonyl (C=O) groups is 1. The topological polar surface area (TPSA) is 96.4 Å². The number of aliphatic hydroxyl groups excluding tert-OH is 1. The molecule has 1 saturated heterocycles. The van der Waals surface area contributed by atoms with E-state index in [9.17, 15) is 18.3 Å². The Morgan fingerprint density at radius 3 is 2.67 bits per heavy atom. The van der Waals surface area contributed by atoms with Crippen molar-refractivity contribution < 1.29 is 27.8 Å². The molecule has 3 atom stereocenters. The number of benzene rings is 1. The van der Waals surface area contributed by atoms with E-state index >= 15 is 0 Å². The number of amides is 1. The lowest BCUT2D eigenvalue weighted by Crippen LogP contribution is -2.50. The van der Waals surface area contributed by atoms with E-state index in [1.165, 1.54) is 4.31 Å². The fourth-order valence-corrected chi connectivity index (χ4v) is 6.20. The highest BCUT2D eigenvalue weighted by Crippen LogP contribution is 2.34.